The molecule has 2 atom stereocenters. The maximum absolute atomic E-state index is 14.2. The standard InChI is InChI=1S/C24H27ClFN3O4S/c25-20-12-5-4-11-19(20)22(23(30)27-17-8-2-1-3-9-17)29(18-10-6-7-16(26)15-18)24(31)21-13-14-34(32,33)28-21/h4-7,10-12,15,17,21-22,28H,1-3,8-9,13-14H2,(H,27,30)/t21-,22?/m0/s1. The molecule has 1 unspecified atom stereocenters. The van der Waals surface area contributed by atoms with Crippen LogP contribution in [0, 0.1) is 5.82 Å². The first-order chi connectivity index (χ1) is 16.2. The van der Waals surface area contributed by atoms with E-state index in [0.717, 1.165) is 38.2 Å². The van der Waals surface area contributed by atoms with E-state index in [0.29, 0.717) is 5.56 Å². The van der Waals surface area contributed by atoms with Crippen LogP contribution in [0.2, 0.25) is 5.02 Å². The first kappa shape index (κ1) is 24.6. The van der Waals surface area contributed by atoms with Gasteiger partial charge in [0, 0.05) is 22.3 Å². The molecule has 0 bridgehead atoms. The lowest BCUT2D eigenvalue weighted by Crippen LogP contribution is -2.52. The lowest BCUT2D eigenvalue weighted by atomic mass is 9.94. The molecule has 4 rings (SSSR count). The number of sulfonamides is 1. The van der Waals surface area contributed by atoms with E-state index in [1.807, 2.05) is 0 Å². The summed E-state index contributed by atoms with van der Waals surface area (Å²) in [6.45, 7) is 0. The first-order valence-electron chi connectivity index (χ1n) is 11.4. The minimum absolute atomic E-state index is 0.0410. The molecule has 2 aliphatic rings. The highest BCUT2D eigenvalue weighted by atomic mass is 35.5. The minimum Gasteiger partial charge on any atom is -0.351 e. The summed E-state index contributed by atoms with van der Waals surface area (Å²) >= 11 is 6.47. The molecule has 0 spiro atoms. The molecule has 182 valence electrons. The monoisotopic (exact) mass is 507 g/mol. The molecule has 2 aromatic rings. The zero-order chi connectivity index (χ0) is 24.3. The molecule has 2 amide bonds. The predicted molar refractivity (Wildman–Crippen MR) is 128 cm³/mol. The molecule has 1 saturated heterocycles. The number of benzene rings is 2. The predicted octanol–water partition coefficient (Wildman–Crippen LogP) is 3.69. The molecule has 1 heterocycles. The van der Waals surface area contributed by atoms with Crippen LogP contribution >= 0.6 is 11.6 Å². The Bertz CT molecular complexity index is 1170. The van der Waals surface area contributed by atoms with Gasteiger partial charge in [0.1, 0.15) is 17.9 Å². The van der Waals surface area contributed by atoms with Crippen molar-refractivity contribution in [2.45, 2.75) is 56.7 Å². The van der Waals surface area contributed by atoms with Crippen molar-refractivity contribution in [3.05, 3.63) is 64.9 Å². The highest BCUT2D eigenvalue weighted by molar-refractivity contribution is 7.89. The molecule has 0 aromatic heterocycles. The third-order valence-corrected chi connectivity index (χ3v) is 8.04. The average molecular weight is 508 g/mol. The molecule has 34 heavy (non-hydrogen) atoms. The number of halogens is 2. The highest BCUT2D eigenvalue weighted by Gasteiger charge is 2.41. The van der Waals surface area contributed by atoms with Gasteiger partial charge in [0.2, 0.25) is 21.8 Å². The van der Waals surface area contributed by atoms with Gasteiger partial charge in [-0.3, -0.25) is 14.5 Å². The normalized spacial score (nSPS) is 21.1. The van der Waals surface area contributed by atoms with Crippen LogP contribution in [0.15, 0.2) is 48.5 Å². The molecular weight excluding hydrogens is 481 g/mol. The smallest absolute Gasteiger partial charge is 0.248 e. The lowest BCUT2D eigenvalue weighted by molar-refractivity contribution is -0.127. The van der Waals surface area contributed by atoms with E-state index in [2.05, 4.69) is 10.0 Å². The van der Waals surface area contributed by atoms with Crippen LogP contribution in [0.5, 0.6) is 0 Å². The molecule has 1 saturated carbocycles. The second-order valence-electron chi connectivity index (χ2n) is 8.73. The van der Waals surface area contributed by atoms with Crippen LogP contribution in [0.25, 0.3) is 0 Å². The fourth-order valence-corrected chi connectivity index (χ4v) is 6.16. The largest absolute Gasteiger partial charge is 0.351 e. The van der Waals surface area contributed by atoms with Gasteiger partial charge in [-0.2, -0.15) is 0 Å². The molecule has 1 aliphatic carbocycles. The maximum atomic E-state index is 14.2. The van der Waals surface area contributed by atoms with Crippen LogP contribution in [0.3, 0.4) is 0 Å². The van der Waals surface area contributed by atoms with Crippen molar-refractivity contribution < 1.29 is 22.4 Å². The van der Waals surface area contributed by atoms with Crippen LogP contribution in [-0.4, -0.2) is 38.1 Å². The Kier molecular flexibility index (Phi) is 7.54. The van der Waals surface area contributed by atoms with Gasteiger partial charge in [0.15, 0.2) is 0 Å². The number of hydrogen-bond acceptors (Lipinski definition) is 4. The topological polar surface area (TPSA) is 95.6 Å². The summed E-state index contributed by atoms with van der Waals surface area (Å²) in [5, 5.41) is 3.32. The number of carbonyl (C=O) groups is 2. The van der Waals surface area contributed by atoms with Crippen LogP contribution in [0.1, 0.15) is 50.1 Å². The first-order valence-corrected chi connectivity index (χ1v) is 13.4. The second-order valence-corrected chi connectivity index (χ2v) is 11.0. The number of carbonyl (C=O) groups excluding carboxylic acids is 2. The molecule has 0 radical (unpaired) electrons. The van der Waals surface area contributed by atoms with Crippen molar-refractivity contribution in [1.29, 1.82) is 0 Å². The summed E-state index contributed by atoms with van der Waals surface area (Å²) < 4.78 is 40.6. The summed E-state index contributed by atoms with van der Waals surface area (Å²) in [6.07, 6.45) is 4.81. The van der Waals surface area contributed by atoms with E-state index < -0.39 is 39.7 Å². The maximum Gasteiger partial charge on any atom is 0.248 e. The van der Waals surface area contributed by atoms with Gasteiger partial charge in [-0.05, 0) is 43.5 Å². The number of nitrogens with one attached hydrogen (secondary N) is 2. The quantitative estimate of drug-likeness (QED) is 0.623. The molecule has 2 fully saturated rings. The van der Waals surface area contributed by atoms with E-state index in [4.69, 9.17) is 11.6 Å². The number of anilines is 1. The molecule has 1 aliphatic heterocycles. The third kappa shape index (κ3) is 5.59. The Morgan fingerprint density at radius 3 is 2.44 bits per heavy atom. The van der Waals surface area contributed by atoms with Crippen molar-refractivity contribution in [3.63, 3.8) is 0 Å². The van der Waals surface area contributed by atoms with E-state index in [9.17, 15) is 22.4 Å². The molecule has 7 nitrogen and oxygen atoms in total. The van der Waals surface area contributed by atoms with E-state index in [1.165, 1.54) is 23.1 Å². The van der Waals surface area contributed by atoms with Gasteiger partial charge in [-0.1, -0.05) is 55.1 Å². The Morgan fingerprint density at radius 1 is 1.06 bits per heavy atom. The number of rotatable bonds is 6. The van der Waals surface area contributed by atoms with Crippen LogP contribution in [0.4, 0.5) is 10.1 Å². The number of nitrogens with zero attached hydrogens (tertiary/aromatic N) is 1. The van der Waals surface area contributed by atoms with E-state index >= 15 is 0 Å². The molecule has 10 heteroatoms. The van der Waals surface area contributed by atoms with E-state index in [1.54, 1.807) is 24.3 Å². The van der Waals surface area contributed by atoms with Gasteiger partial charge < -0.3 is 5.32 Å². The molecule has 2 aromatic carbocycles. The van der Waals surface area contributed by atoms with Crippen LogP contribution in [-0.2, 0) is 19.6 Å². The Morgan fingerprint density at radius 2 is 1.79 bits per heavy atom. The molecule has 2 N–H and O–H groups in total. The van der Waals surface area contributed by atoms with Gasteiger partial charge >= 0.3 is 0 Å². The van der Waals surface area contributed by atoms with Crippen LogP contribution < -0.4 is 14.9 Å². The number of hydrogen-bond donors (Lipinski definition) is 2. The Hall–Kier alpha value is -2.49. The fraction of sp³-hybridized carbons (Fsp3) is 0.417. The number of amides is 2. The average Bonchev–Trinajstić information content (AvgIpc) is 3.18. The van der Waals surface area contributed by atoms with Crippen molar-refractivity contribution in [3.8, 4) is 0 Å². The zero-order valence-electron chi connectivity index (χ0n) is 18.5. The second kappa shape index (κ2) is 10.4. The van der Waals surface area contributed by atoms with Gasteiger partial charge in [-0.15, -0.1) is 0 Å². The fourth-order valence-electron chi connectivity index (χ4n) is 4.60. The zero-order valence-corrected chi connectivity index (χ0v) is 20.1. The van der Waals surface area contributed by atoms with Crippen molar-refractivity contribution in [2.75, 3.05) is 10.7 Å². The minimum atomic E-state index is -3.60. The van der Waals surface area contributed by atoms with Gasteiger partial charge in [0.25, 0.3) is 0 Å². The van der Waals surface area contributed by atoms with Crippen molar-refractivity contribution in [2.24, 2.45) is 0 Å². The SMILES string of the molecule is O=C(NC1CCCCC1)C(c1ccccc1Cl)N(C(=O)[C@@H]1CCS(=O)(=O)N1)c1cccc(F)c1. The summed E-state index contributed by atoms with van der Waals surface area (Å²) in [5.41, 5.74) is 0.510. The summed E-state index contributed by atoms with van der Waals surface area (Å²) in [5.74, 6) is -1.88. The van der Waals surface area contributed by atoms with Crippen molar-refractivity contribution in [1.82, 2.24) is 10.0 Å². The van der Waals surface area contributed by atoms with Gasteiger partial charge in [-0.25, -0.2) is 17.5 Å². The Labute approximate surface area is 203 Å². The molecular formula is C24H27ClFN3O4S. The van der Waals surface area contributed by atoms with E-state index in [-0.39, 0.29) is 28.9 Å². The lowest BCUT2D eigenvalue weighted by Gasteiger charge is -2.35. The third-order valence-electron chi connectivity index (χ3n) is 6.28. The van der Waals surface area contributed by atoms with Gasteiger partial charge in [0.05, 0.1) is 5.75 Å². The summed E-state index contributed by atoms with van der Waals surface area (Å²) in [7, 11) is -3.60. The Balaban J connectivity index is 1.79. The summed E-state index contributed by atoms with van der Waals surface area (Å²) in [4.78, 5) is 28.6. The summed E-state index contributed by atoms with van der Waals surface area (Å²) in [6, 6.07) is 9.69. The highest BCUT2D eigenvalue weighted by Crippen LogP contribution is 2.34. The van der Waals surface area contributed by atoms with Crippen molar-refractivity contribution >= 4 is 39.1 Å².